The maximum atomic E-state index is 12.9. The number of non-ortho nitro benzene ring substituents is 1. The number of ketones is 1. The first-order chi connectivity index (χ1) is 11.4. The number of aryl methyl sites for hydroxylation is 1. The van der Waals surface area contributed by atoms with Gasteiger partial charge in [0, 0.05) is 29.5 Å². The number of carbonyl (C=O) groups excluding carboxylic acids is 1. The third-order valence-corrected chi connectivity index (χ3v) is 4.35. The lowest BCUT2D eigenvalue weighted by molar-refractivity contribution is -0.384. The molecule has 0 aliphatic heterocycles. The van der Waals surface area contributed by atoms with Crippen LogP contribution in [0.25, 0.3) is 11.0 Å². The van der Waals surface area contributed by atoms with Gasteiger partial charge in [0.15, 0.2) is 5.78 Å². The van der Waals surface area contributed by atoms with Crippen molar-refractivity contribution in [1.29, 1.82) is 0 Å². The van der Waals surface area contributed by atoms with Crippen molar-refractivity contribution in [3.05, 3.63) is 67.9 Å². The van der Waals surface area contributed by atoms with E-state index in [1.54, 1.807) is 0 Å². The molecular weight excluding hydrogens is 378 g/mol. The molecule has 122 valence electrons. The summed E-state index contributed by atoms with van der Waals surface area (Å²) in [5.74, 6) is 0.182. The Morgan fingerprint density at radius 1 is 1.29 bits per heavy atom. The summed E-state index contributed by atoms with van der Waals surface area (Å²) >= 11 is 3.18. The second kappa shape index (κ2) is 6.09. The minimum Gasteiger partial charge on any atom is -0.507 e. The Kier molecular flexibility index (Phi) is 4.11. The highest BCUT2D eigenvalue weighted by molar-refractivity contribution is 9.10. The number of nitro benzene ring substituents is 1. The molecule has 0 aliphatic rings. The van der Waals surface area contributed by atoms with Gasteiger partial charge in [-0.3, -0.25) is 14.9 Å². The molecule has 3 aromatic rings. The van der Waals surface area contributed by atoms with E-state index in [0.717, 1.165) is 0 Å². The molecule has 0 atom stereocenters. The lowest BCUT2D eigenvalue weighted by Gasteiger charge is -2.04. The van der Waals surface area contributed by atoms with Gasteiger partial charge < -0.3 is 9.52 Å². The molecule has 24 heavy (non-hydrogen) atoms. The Balaban J connectivity index is 2.22. The highest BCUT2D eigenvalue weighted by Gasteiger charge is 2.23. The van der Waals surface area contributed by atoms with Crippen LogP contribution in [-0.2, 0) is 6.42 Å². The van der Waals surface area contributed by atoms with Crippen LogP contribution in [0.4, 0.5) is 5.69 Å². The fraction of sp³-hybridized carbons (Fsp3) is 0.118. The minimum atomic E-state index is -0.510. The predicted molar refractivity (Wildman–Crippen MR) is 91.5 cm³/mol. The van der Waals surface area contributed by atoms with Crippen molar-refractivity contribution in [3.8, 4) is 5.75 Å². The highest BCUT2D eigenvalue weighted by atomic mass is 79.9. The number of hydrogen-bond acceptors (Lipinski definition) is 5. The van der Waals surface area contributed by atoms with Crippen molar-refractivity contribution >= 4 is 38.4 Å². The van der Waals surface area contributed by atoms with E-state index in [0.29, 0.717) is 38.7 Å². The van der Waals surface area contributed by atoms with Gasteiger partial charge in [0.25, 0.3) is 5.69 Å². The molecule has 2 aromatic carbocycles. The van der Waals surface area contributed by atoms with Gasteiger partial charge in [-0.1, -0.05) is 6.92 Å². The summed E-state index contributed by atoms with van der Waals surface area (Å²) < 4.78 is 6.07. The molecule has 0 unspecified atom stereocenters. The van der Waals surface area contributed by atoms with Crippen molar-refractivity contribution in [3.63, 3.8) is 0 Å². The molecular formula is C17H12BrNO5. The second-order valence-electron chi connectivity index (χ2n) is 5.19. The summed E-state index contributed by atoms with van der Waals surface area (Å²) in [6, 6.07) is 8.60. The van der Waals surface area contributed by atoms with Crippen LogP contribution in [0.15, 0.2) is 45.3 Å². The van der Waals surface area contributed by atoms with E-state index >= 15 is 0 Å². The molecule has 1 aromatic heterocycles. The maximum absolute atomic E-state index is 12.9. The largest absolute Gasteiger partial charge is 0.507 e. The fourth-order valence-electron chi connectivity index (χ4n) is 2.54. The quantitative estimate of drug-likeness (QED) is 0.399. The summed E-state index contributed by atoms with van der Waals surface area (Å²) in [6.45, 7) is 1.84. The number of carbonyl (C=O) groups is 1. The molecule has 0 amide bonds. The van der Waals surface area contributed by atoms with Gasteiger partial charge in [0.2, 0.25) is 0 Å². The van der Waals surface area contributed by atoms with Gasteiger partial charge in [-0.2, -0.15) is 0 Å². The second-order valence-corrected chi connectivity index (χ2v) is 6.04. The number of phenols is 1. The van der Waals surface area contributed by atoms with Crippen LogP contribution in [0, 0.1) is 10.1 Å². The number of nitro groups is 1. The van der Waals surface area contributed by atoms with Crippen molar-refractivity contribution in [2.75, 3.05) is 0 Å². The van der Waals surface area contributed by atoms with E-state index in [-0.39, 0.29) is 17.2 Å². The molecule has 0 bridgehead atoms. The van der Waals surface area contributed by atoms with Crippen molar-refractivity contribution in [1.82, 2.24) is 0 Å². The van der Waals surface area contributed by atoms with E-state index in [1.165, 1.54) is 36.4 Å². The van der Waals surface area contributed by atoms with Crippen LogP contribution >= 0.6 is 15.9 Å². The molecule has 0 saturated carbocycles. The number of benzene rings is 2. The molecule has 0 spiro atoms. The molecule has 7 heteroatoms. The van der Waals surface area contributed by atoms with Gasteiger partial charge in [-0.25, -0.2) is 0 Å². The Labute approximate surface area is 145 Å². The van der Waals surface area contributed by atoms with E-state index in [4.69, 9.17) is 4.42 Å². The van der Waals surface area contributed by atoms with Gasteiger partial charge in [0.05, 0.1) is 15.0 Å². The topological polar surface area (TPSA) is 93.6 Å². The third-order valence-electron chi connectivity index (χ3n) is 3.71. The minimum absolute atomic E-state index is 0.0231. The molecule has 1 N–H and O–H groups in total. The van der Waals surface area contributed by atoms with Gasteiger partial charge in [-0.05, 0) is 40.2 Å². The van der Waals surface area contributed by atoms with Gasteiger partial charge >= 0.3 is 0 Å². The Morgan fingerprint density at radius 2 is 2.04 bits per heavy atom. The number of hydrogen-bond donors (Lipinski definition) is 1. The molecule has 1 heterocycles. The number of aromatic hydroxyl groups is 1. The number of furan rings is 1. The van der Waals surface area contributed by atoms with Crippen LogP contribution in [0.3, 0.4) is 0 Å². The Bertz CT molecular complexity index is 977. The zero-order valence-corrected chi connectivity index (χ0v) is 14.2. The zero-order chi connectivity index (χ0) is 17.4. The molecule has 0 aliphatic carbocycles. The lowest BCUT2D eigenvalue weighted by Crippen LogP contribution is -2.03. The Hall–Kier alpha value is -2.67. The lowest BCUT2D eigenvalue weighted by atomic mass is 9.99. The molecule has 0 radical (unpaired) electrons. The monoisotopic (exact) mass is 389 g/mol. The Morgan fingerprint density at radius 3 is 2.67 bits per heavy atom. The summed E-state index contributed by atoms with van der Waals surface area (Å²) in [7, 11) is 0. The first-order valence-corrected chi connectivity index (χ1v) is 7.94. The van der Waals surface area contributed by atoms with Gasteiger partial charge in [0.1, 0.15) is 17.1 Å². The molecule has 3 rings (SSSR count). The summed E-state index contributed by atoms with van der Waals surface area (Å²) in [6.07, 6.45) is 0.475. The first kappa shape index (κ1) is 16.2. The number of fused-ring (bicyclic) bond motifs is 1. The van der Waals surface area contributed by atoms with Crippen LogP contribution in [0.1, 0.15) is 28.6 Å². The normalized spacial score (nSPS) is 10.9. The van der Waals surface area contributed by atoms with E-state index in [1.807, 2.05) is 6.92 Å². The highest BCUT2D eigenvalue weighted by Crippen LogP contribution is 2.33. The van der Waals surface area contributed by atoms with Crippen LogP contribution in [0.5, 0.6) is 5.75 Å². The number of halogens is 1. The summed E-state index contributed by atoms with van der Waals surface area (Å²) in [4.78, 5) is 23.4. The van der Waals surface area contributed by atoms with Crippen LogP contribution in [-0.4, -0.2) is 15.8 Å². The average Bonchev–Trinajstić information content (AvgIpc) is 2.94. The molecule has 0 fully saturated rings. The molecule has 6 nitrogen and oxygen atoms in total. The van der Waals surface area contributed by atoms with E-state index in [9.17, 15) is 20.0 Å². The van der Waals surface area contributed by atoms with Crippen LogP contribution < -0.4 is 0 Å². The smallest absolute Gasteiger partial charge is 0.270 e. The average molecular weight is 390 g/mol. The molecule has 0 saturated heterocycles. The number of nitrogens with zero attached hydrogens (tertiary/aromatic N) is 1. The van der Waals surface area contributed by atoms with Gasteiger partial charge in [-0.15, -0.1) is 0 Å². The SMILES string of the molecule is CCc1oc2ccc([N+](=O)[O-])cc2c1C(=O)c1ccc(O)c(Br)c1. The summed E-state index contributed by atoms with van der Waals surface area (Å²) in [5.41, 5.74) is 0.989. The zero-order valence-electron chi connectivity index (χ0n) is 12.6. The third kappa shape index (κ3) is 2.67. The standard InChI is InChI=1S/C17H12BrNO5/c1-2-14-16(17(21)9-3-5-13(20)12(18)7-9)11-8-10(19(22)23)4-6-15(11)24-14/h3-8,20H,2H2,1H3. The number of rotatable bonds is 4. The number of phenolic OH excluding ortho intramolecular Hbond substituents is 1. The van der Waals surface area contributed by atoms with Crippen molar-refractivity contribution < 1.29 is 19.2 Å². The van der Waals surface area contributed by atoms with E-state index < -0.39 is 4.92 Å². The van der Waals surface area contributed by atoms with E-state index in [2.05, 4.69) is 15.9 Å². The fourth-order valence-corrected chi connectivity index (χ4v) is 2.92. The van der Waals surface area contributed by atoms with Crippen molar-refractivity contribution in [2.24, 2.45) is 0 Å². The summed E-state index contributed by atoms with van der Waals surface area (Å²) in [5, 5.41) is 21.0. The van der Waals surface area contributed by atoms with Crippen LogP contribution in [0.2, 0.25) is 0 Å². The van der Waals surface area contributed by atoms with Crippen molar-refractivity contribution in [2.45, 2.75) is 13.3 Å². The predicted octanol–water partition coefficient (Wildman–Crippen LogP) is 4.60. The maximum Gasteiger partial charge on any atom is 0.270 e. The first-order valence-electron chi connectivity index (χ1n) is 7.15.